The average molecular weight is 526 g/mol. The van der Waals surface area contributed by atoms with Crippen molar-refractivity contribution in [3.8, 4) is 17.2 Å². The van der Waals surface area contributed by atoms with Gasteiger partial charge in [-0.3, -0.25) is 4.79 Å². The number of nitrogens with one attached hydrogen (secondary N) is 1. The van der Waals surface area contributed by atoms with Gasteiger partial charge in [0.15, 0.2) is 17.3 Å². The fourth-order valence-corrected chi connectivity index (χ4v) is 3.41. The second kappa shape index (κ2) is 9.32. The molecule has 0 saturated carbocycles. The zero-order chi connectivity index (χ0) is 21.0. The van der Waals surface area contributed by atoms with Gasteiger partial charge in [-0.1, -0.05) is 0 Å². The first-order valence-corrected chi connectivity index (χ1v) is 10.4. The number of hydrogen-bond acceptors (Lipinski definition) is 6. The van der Waals surface area contributed by atoms with E-state index in [2.05, 4.69) is 42.4 Å². The van der Waals surface area contributed by atoms with Crippen molar-refractivity contribution >= 4 is 55.0 Å². The number of nitrogens with zero attached hydrogens (tertiary/aromatic N) is 1. The number of hydrogen-bond donors (Lipinski definition) is 2. The minimum atomic E-state index is -0.491. The molecule has 0 radical (unpaired) electrons. The minimum Gasteiger partial charge on any atom is -0.503 e. The first-order chi connectivity index (χ1) is 13.9. The summed E-state index contributed by atoms with van der Waals surface area (Å²) in [5.74, 6) is 0.631. The minimum absolute atomic E-state index is 0.0198. The number of amides is 1. The predicted molar refractivity (Wildman–Crippen MR) is 117 cm³/mol. The average Bonchev–Trinajstić information content (AvgIpc) is 3.13. The highest BCUT2D eigenvalue weighted by molar-refractivity contribution is 9.13. The lowest BCUT2D eigenvalue weighted by Crippen LogP contribution is -2.16. The van der Waals surface area contributed by atoms with Crippen molar-refractivity contribution in [3.63, 3.8) is 0 Å². The highest BCUT2D eigenvalue weighted by Crippen LogP contribution is 2.41. The topological polar surface area (TPSA) is 93.3 Å². The van der Waals surface area contributed by atoms with Crippen LogP contribution in [0.25, 0.3) is 11.0 Å². The van der Waals surface area contributed by atoms with Crippen molar-refractivity contribution in [1.82, 2.24) is 5.43 Å². The summed E-state index contributed by atoms with van der Waals surface area (Å²) in [5.41, 5.74) is 3.61. The van der Waals surface area contributed by atoms with E-state index in [-0.39, 0.29) is 11.5 Å². The summed E-state index contributed by atoms with van der Waals surface area (Å²) in [5, 5.41) is 14.8. The van der Waals surface area contributed by atoms with Crippen LogP contribution in [0.15, 0.2) is 48.8 Å². The molecule has 2 aromatic carbocycles. The number of phenols is 1. The second-order valence-electron chi connectivity index (χ2n) is 5.82. The third-order valence-electron chi connectivity index (χ3n) is 3.87. The maximum Gasteiger partial charge on any atom is 0.307 e. The number of fused-ring (bicyclic) bond motifs is 1. The Balaban J connectivity index is 1.76. The summed E-state index contributed by atoms with van der Waals surface area (Å²) in [7, 11) is 0. The first kappa shape index (κ1) is 21.2. The summed E-state index contributed by atoms with van der Waals surface area (Å²) in [6, 6.07) is 8.58. The molecule has 0 spiro atoms. The van der Waals surface area contributed by atoms with Crippen LogP contribution in [0.5, 0.6) is 17.2 Å². The van der Waals surface area contributed by atoms with E-state index < -0.39 is 5.91 Å². The van der Waals surface area contributed by atoms with Crippen molar-refractivity contribution in [2.24, 2.45) is 5.10 Å². The highest BCUT2D eigenvalue weighted by atomic mass is 79.9. The van der Waals surface area contributed by atoms with Crippen LogP contribution in [0.4, 0.5) is 0 Å². The van der Waals surface area contributed by atoms with Crippen LogP contribution in [0.1, 0.15) is 30.0 Å². The van der Waals surface area contributed by atoms with Gasteiger partial charge in [-0.15, -0.1) is 0 Å². The fraction of sp³-hybridized carbons (Fsp3) is 0.200. The summed E-state index contributed by atoms with van der Waals surface area (Å²) < 4.78 is 17.4. The molecule has 9 heteroatoms. The predicted octanol–water partition coefficient (Wildman–Crippen LogP) is 5.22. The zero-order valence-corrected chi connectivity index (χ0v) is 18.8. The maximum atomic E-state index is 12.4. The molecule has 1 amide bonds. The summed E-state index contributed by atoms with van der Waals surface area (Å²) >= 11 is 6.67. The Kier molecular flexibility index (Phi) is 6.81. The SMILES string of the molecule is CCOc1ccc2oc(C(=O)N/N=C/c3cc(OCC)c(O)c(Br)c3Br)cc2c1. The molecule has 0 bridgehead atoms. The molecule has 152 valence electrons. The van der Waals surface area contributed by atoms with Crippen molar-refractivity contribution in [2.45, 2.75) is 13.8 Å². The van der Waals surface area contributed by atoms with Gasteiger partial charge in [0.25, 0.3) is 0 Å². The van der Waals surface area contributed by atoms with Gasteiger partial charge in [-0.2, -0.15) is 5.10 Å². The van der Waals surface area contributed by atoms with E-state index in [1.807, 2.05) is 19.9 Å². The Morgan fingerprint density at radius 2 is 1.93 bits per heavy atom. The normalized spacial score (nSPS) is 11.2. The molecule has 0 unspecified atom stereocenters. The number of carbonyl (C=O) groups is 1. The number of halogens is 2. The zero-order valence-electron chi connectivity index (χ0n) is 15.7. The van der Waals surface area contributed by atoms with E-state index in [1.165, 1.54) is 6.21 Å². The number of furan rings is 1. The van der Waals surface area contributed by atoms with Gasteiger partial charge in [-0.05, 0) is 76.0 Å². The van der Waals surface area contributed by atoms with Gasteiger partial charge in [0.05, 0.1) is 23.9 Å². The third-order valence-corrected chi connectivity index (χ3v) is 6.02. The Morgan fingerprint density at radius 1 is 1.17 bits per heavy atom. The number of carbonyl (C=O) groups excluding carboxylic acids is 1. The maximum absolute atomic E-state index is 12.4. The van der Waals surface area contributed by atoms with Gasteiger partial charge < -0.3 is 19.0 Å². The van der Waals surface area contributed by atoms with Crippen LogP contribution in [-0.4, -0.2) is 30.4 Å². The van der Waals surface area contributed by atoms with Crippen molar-refractivity contribution in [2.75, 3.05) is 13.2 Å². The summed E-state index contributed by atoms with van der Waals surface area (Å²) in [6.07, 6.45) is 1.44. The smallest absolute Gasteiger partial charge is 0.307 e. The number of hydrazone groups is 1. The van der Waals surface area contributed by atoms with Gasteiger partial charge in [0, 0.05) is 15.4 Å². The van der Waals surface area contributed by atoms with Crippen LogP contribution < -0.4 is 14.9 Å². The van der Waals surface area contributed by atoms with E-state index in [1.54, 1.807) is 24.3 Å². The lowest BCUT2D eigenvalue weighted by atomic mass is 10.2. The van der Waals surface area contributed by atoms with E-state index >= 15 is 0 Å². The number of aromatic hydroxyl groups is 1. The first-order valence-electron chi connectivity index (χ1n) is 8.78. The van der Waals surface area contributed by atoms with Crippen LogP contribution in [0.3, 0.4) is 0 Å². The second-order valence-corrected chi connectivity index (χ2v) is 7.40. The Labute approximate surface area is 183 Å². The van der Waals surface area contributed by atoms with Gasteiger partial charge in [-0.25, -0.2) is 5.43 Å². The molecule has 7 nitrogen and oxygen atoms in total. The molecule has 1 aromatic heterocycles. The number of rotatable bonds is 7. The number of benzene rings is 2. The van der Waals surface area contributed by atoms with Gasteiger partial charge >= 0.3 is 5.91 Å². The fourth-order valence-electron chi connectivity index (χ4n) is 2.58. The molecular formula is C20H18Br2N2O5. The molecule has 29 heavy (non-hydrogen) atoms. The van der Waals surface area contributed by atoms with E-state index in [0.717, 1.165) is 5.39 Å². The van der Waals surface area contributed by atoms with E-state index in [0.29, 0.717) is 44.8 Å². The highest BCUT2D eigenvalue weighted by Gasteiger charge is 2.15. The van der Waals surface area contributed by atoms with Crippen LogP contribution in [0, 0.1) is 0 Å². The monoisotopic (exact) mass is 524 g/mol. The quantitative estimate of drug-likeness (QED) is 0.325. The number of ether oxygens (including phenoxy) is 2. The third kappa shape index (κ3) is 4.73. The molecule has 1 heterocycles. The molecule has 3 rings (SSSR count). The Morgan fingerprint density at radius 3 is 2.66 bits per heavy atom. The Hall–Kier alpha value is -2.52. The van der Waals surface area contributed by atoms with Crippen LogP contribution >= 0.6 is 31.9 Å². The molecule has 0 atom stereocenters. The van der Waals surface area contributed by atoms with E-state index in [4.69, 9.17) is 13.9 Å². The van der Waals surface area contributed by atoms with Crippen molar-refractivity contribution in [1.29, 1.82) is 0 Å². The Bertz CT molecular complexity index is 1080. The molecule has 2 N–H and O–H groups in total. The van der Waals surface area contributed by atoms with E-state index in [9.17, 15) is 9.90 Å². The summed E-state index contributed by atoms with van der Waals surface area (Å²) in [4.78, 5) is 12.4. The van der Waals surface area contributed by atoms with Crippen molar-refractivity contribution in [3.05, 3.63) is 50.6 Å². The number of phenolic OH excluding ortho intramolecular Hbond substituents is 1. The van der Waals surface area contributed by atoms with Gasteiger partial charge in [0.1, 0.15) is 11.3 Å². The van der Waals surface area contributed by atoms with Crippen molar-refractivity contribution < 1.29 is 23.8 Å². The molecule has 0 aliphatic carbocycles. The lowest BCUT2D eigenvalue weighted by Gasteiger charge is -2.10. The van der Waals surface area contributed by atoms with Crippen LogP contribution in [0.2, 0.25) is 0 Å². The lowest BCUT2D eigenvalue weighted by molar-refractivity contribution is 0.0929. The molecule has 0 saturated heterocycles. The molecular weight excluding hydrogens is 508 g/mol. The van der Waals surface area contributed by atoms with Crippen LogP contribution in [-0.2, 0) is 0 Å². The molecule has 0 aliphatic rings. The largest absolute Gasteiger partial charge is 0.503 e. The molecule has 0 fully saturated rings. The summed E-state index contributed by atoms with van der Waals surface area (Å²) in [6.45, 7) is 4.66. The van der Waals surface area contributed by atoms with Gasteiger partial charge in [0.2, 0.25) is 0 Å². The standard InChI is InChI=1S/C20H18Br2N2O5/c1-3-27-13-5-6-14-11(7-13)8-16(29-14)20(26)24-23-10-12-9-15(28-4-2)19(25)18(22)17(12)21/h5-10,25H,3-4H2,1-2H3,(H,24,26)/b23-10+. The molecule has 0 aliphatic heterocycles. The molecule has 3 aromatic rings.